The van der Waals surface area contributed by atoms with Crippen LogP contribution in [0, 0.1) is 0 Å². The average Bonchev–Trinajstić information content (AvgIpc) is 2.74. The predicted molar refractivity (Wildman–Crippen MR) is 107 cm³/mol. The largest absolute Gasteiger partial charge is 0.497 e. The second-order valence-electron chi connectivity index (χ2n) is 6.82. The third-order valence-electron chi connectivity index (χ3n) is 4.96. The van der Waals surface area contributed by atoms with E-state index in [0.29, 0.717) is 22.5 Å². The molecule has 0 fully saturated rings. The highest BCUT2D eigenvalue weighted by Gasteiger charge is 2.43. The van der Waals surface area contributed by atoms with Gasteiger partial charge in [-0.15, -0.1) is 0 Å². The van der Waals surface area contributed by atoms with Gasteiger partial charge in [-0.3, -0.25) is 14.6 Å². The van der Waals surface area contributed by atoms with Crippen LogP contribution >= 0.6 is 11.6 Å². The minimum Gasteiger partial charge on any atom is -0.497 e. The van der Waals surface area contributed by atoms with Gasteiger partial charge in [0.25, 0.3) is 5.91 Å². The lowest BCUT2D eigenvalue weighted by Crippen LogP contribution is -2.46. The van der Waals surface area contributed by atoms with E-state index in [0.717, 1.165) is 11.0 Å². The van der Waals surface area contributed by atoms with Crippen LogP contribution in [0.1, 0.15) is 33.1 Å². The first-order valence-corrected chi connectivity index (χ1v) is 9.43. The molecule has 2 aromatic carbocycles. The lowest BCUT2D eigenvalue weighted by molar-refractivity contribution is -0.138. The zero-order valence-electron chi connectivity index (χ0n) is 16.0. The van der Waals surface area contributed by atoms with Crippen molar-refractivity contribution in [1.82, 2.24) is 4.98 Å². The summed E-state index contributed by atoms with van der Waals surface area (Å²) in [4.78, 5) is 31.2. The molecule has 3 aromatic rings. The Balaban J connectivity index is 1.91. The first kappa shape index (κ1) is 20.9. The second-order valence-corrected chi connectivity index (χ2v) is 7.26. The van der Waals surface area contributed by atoms with E-state index in [1.807, 2.05) is 0 Å². The van der Waals surface area contributed by atoms with Crippen molar-refractivity contribution in [2.24, 2.45) is 0 Å². The Morgan fingerprint density at radius 2 is 1.68 bits per heavy atom. The van der Waals surface area contributed by atoms with Crippen LogP contribution in [0.2, 0.25) is 5.02 Å². The first-order valence-electron chi connectivity index (χ1n) is 9.05. The van der Waals surface area contributed by atoms with Crippen molar-refractivity contribution in [3.05, 3.63) is 88.2 Å². The molecule has 0 saturated heterocycles. The molecule has 1 aliphatic heterocycles. The van der Waals surface area contributed by atoms with E-state index in [1.54, 1.807) is 12.1 Å². The molecule has 2 heterocycles. The Bertz CT molecular complexity index is 1160. The quantitative estimate of drug-likeness (QED) is 0.526. The number of imide groups is 1. The fourth-order valence-corrected chi connectivity index (χ4v) is 3.58. The van der Waals surface area contributed by atoms with Gasteiger partial charge in [0.15, 0.2) is 0 Å². The van der Waals surface area contributed by atoms with E-state index in [9.17, 15) is 22.8 Å². The Labute approximate surface area is 180 Å². The lowest BCUT2D eigenvalue weighted by atomic mass is 9.84. The Morgan fingerprint density at radius 3 is 2.26 bits per heavy atom. The molecule has 5 nitrogen and oxygen atoms in total. The third-order valence-corrected chi connectivity index (χ3v) is 5.21. The van der Waals surface area contributed by atoms with Gasteiger partial charge < -0.3 is 4.74 Å². The fraction of sp³-hybridized carbons (Fsp3) is 0.136. The number of carbonyl (C=O) groups is 2. The molecule has 4 rings (SSSR count). The minimum atomic E-state index is -4.67. The molecule has 0 saturated carbocycles. The van der Waals surface area contributed by atoms with E-state index in [1.165, 1.54) is 43.5 Å². The maximum atomic E-state index is 13.4. The van der Waals surface area contributed by atoms with Crippen LogP contribution in [-0.4, -0.2) is 23.9 Å². The zero-order chi connectivity index (χ0) is 22.3. The van der Waals surface area contributed by atoms with Crippen molar-refractivity contribution in [3.8, 4) is 5.75 Å². The van der Waals surface area contributed by atoms with Crippen LogP contribution in [0.5, 0.6) is 5.75 Å². The predicted octanol–water partition coefficient (Wildman–Crippen LogP) is 5.08. The van der Waals surface area contributed by atoms with E-state index < -0.39 is 29.5 Å². The molecule has 158 valence electrons. The number of halogens is 4. The number of hydrogen-bond donors (Lipinski definition) is 0. The highest BCUT2D eigenvalue weighted by molar-refractivity contribution is 6.30. The molecule has 1 unspecified atom stereocenters. The molecule has 31 heavy (non-hydrogen) atoms. The molecule has 0 radical (unpaired) electrons. The van der Waals surface area contributed by atoms with Crippen molar-refractivity contribution >= 4 is 29.1 Å². The normalized spacial score (nSPS) is 16.3. The summed E-state index contributed by atoms with van der Waals surface area (Å²) in [6.45, 7) is 0. The highest BCUT2D eigenvalue weighted by atomic mass is 35.5. The van der Waals surface area contributed by atoms with Gasteiger partial charge in [-0.2, -0.15) is 13.2 Å². The summed E-state index contributed by atoms with van der Waals surface area (Å²) in [7, 11) is 1.47. The molecule has 1 aromatic heterocycles. The summed E-state index contributed by atoms with van der Waals surface area (Å²) >= 11 is 5.93. The fourth-order valence-electron chi connectivity index (χ4n) is 3.46. The number of hydrogen-bond acceptors (Lipinski definition) is 4. The topological polar surface area (TPSA) is 59.5 Å². The molecule has 0 bridgehead atoms. The van der Waals surface area contributed by atoms with E-state index in [4.69, 9.17) is 16.3 Å². The van der Waals surface area contributed by atoms with Gasteiger partial charge in [0, 0.05) is 16.8 Å². The number of benzene rings is 2. The van der Waals surface area contributed by atoms with Gasteiger partial charge in [0.1, 0.15) is 11.4 Å². The molecular formula is C22H14ClF3N2O3. The van der Waals surface area contributed by atoms with Gasteiger partial charge in [-0.1, -0.05) is 23.7 Å². The number of methoxy groups -OCH3 is 1. The Morgan fingerprint density at radius 1 is 1.03 bits per heavy atom. The summed E-state index contributed by atoms with van der Waals surface area (Å²) in [5.74, 6) is -2.14. The monoisotopic (exact) mass is 446 g/mol. The number of rotatable bonds is 3. The highest BCUT2D eigenvalue weighted by Crippen LogP contribution is 2.39. The zero-order valence-corrected chi connectivity index (χ0v) is 16.7. The summed E-state index contributed by atoms with van der Waals surface area (Å²) < 4.78 is 45.0. The SMILES string of the molecule is COc1ccc(N2C(=O)c3ncc(C(F)(F)F)cc3C(c3ccc(Cl)cc3)C2=O)cc1. The van der Waals surface area contributed by atoms with Gasteiger partial charge in [-0.05, 0) is 48.0 Å². The van der Waals surface area contributed by atoms with Gasteiger partial charge >= 0.3 is 6.18 Å². The smallest absolute Gasteiger partial charge is 0.417 e. The number of fused-ring (bicyclic) bond motifs is 1. The van der Waals surface area contributed by atoms with Crippen molar-refractivity contribution in [2.45, 2.75) is 12.1 Å². The maximum Gasteiger partial charge on any atom is 0.417 e. The van der Waals surface area contributed by atoms with Crippen LogP contribution < -0.4 is 9.64 Å². The van der Waals surface area contributed by atoms with Crippen LogP contribution in [0.15, 0.2) is 60.8 Å². The van der Waals surface area contributed by atoms with Crippen LogP contribution in [0.4, 0.5) is 18.9 Å². The molecule has 1 aliphatic rings. The maximum absolute atomic E-state index is 13.4. The number of anilines is 1. The Kier molecular flexibility index (Phi) is 5.18. The van der Waals surface area contributed by atoms with Crippen LogP contribution in [-0.2, 0) is 11.0 Å². The summed E-state index contributed by atoms with van der Waals surface area (Å²) in [5, 5.41) is 0.400. The number of alkyl halides is 3. The molecule has 0 spiro atoms. The van der Waals surface area contributed by atoms with Gasteiger partial charge in [0.2, 0.25) is 5.91 Å². The molecule has 1 atom stereocenters. The van der Waals surface area contributed by atoms with E-state index >= 15 is 0 Å². The number of carbonyl (C=O) groups excluding carboxylic acids is 2. The van der Waals surface area contributed by atoms with Crippen LogP contribution in [0.3, 0.4) is 0 Å². The second kappa shape index (κ2) is 7.70. The van der Waals surface area contributed by atoms with Gasteiger partial charge in [-0.25, -0.2) is 4.90 Å². The van der Waals surface area contributed by atoms with E-state index in [2.05, 4.69) is 4.98 Å². The molecular weight excluding hydrogens is 433 g/mol. The number of nitrogens with zero attached hydrogens (tertiary/aromatic N) is 2. The lowest BCUT2D eigenvalue weighted by Gasteiger charge is -2.32. The number of ether oxygens (including phenoxy) is 1. The van der Waals surface area contributed by atoms with Crippen molar-refractivity contribution < 1.29 is 27.5 Å². The summed E-state index contributed by atoms with van der Waals surface area (Å²) in [6.07, 6.45) is -4.08. The molecule has 0 N–H and O–H groups in total. The summed E-state index contributed by atoms with van der Waals surface area (Å²) in [6, 6.07) is 13.1. The summed E-state index contributed by atoms with van der Waals surface area (Å²) in [5.41, 5.74) is -0.714. The standard InChI is InChI=1S/C22H14ClF3N2O3/c1-31-16-8-6-15(7-9-16)28-20(29)18(12-2-4-14(23)5-3-12)17-10-13(22(24,25)26)11-27-19(17)21(28)30/h2-11,18H,1H3. The molecule has 0 aliphatic carbocycles. The Hall–Kier alpha value is -3.39. The number of aromatic nitrogens is 1. The average molecular weight is 447 g/mol. The van der Waals surface area contributed by atoms with Crippen molar-refractivity contribution in [2.75, 3.05) is 12.0 Å². The van der Waals surface area contributed by atoms with Crippen molar-refractivity contribution in [1.29, 1.82) is 0 Å². The van der Waals surface area contributed by atoms with Crippen LogP contribution in [0.25, 0.3) is 0 Å². The third kappa shape index (κ3) is 3.74. The first-order chi connectivity index (χ1) is 14.7. The number of pyridine rings is 1. The van der Waals surface area contributed by atoms with Gasteiger partial charge in [0.05, 0.1) is 24.3 Å². The van der Waals surface area contributed by atoms with Crippen molar-refractivity contribution in [3.63, 3.8) is 0 Å². The molecule has 9 heteroatoms. The molecule has 2 amide bonds. The number of amides is 2. The minimum absolute atomic E-state index is 0.100. The van der Waals surface area contributed by atoms with E-state index in [-0.39, 0.29) is 16.9 Å².